The van der Waals surface area contributed by atoms with E-state index in [-0.39, 0.29) is 22.8 Å². The predicted octanol–water partition coefficient (Wildman–Crippen LogP) is 2.01. The van der Waals surface area contributed by atoms with Crippen molar-refractivity contribution in [1.82, 2.24) is 4.90 Å². The molecule has 0 saturated carbocycles. The number of allylic oxidation sites excluding steroid dienone is 1. The van der Waals surface area contributed by atoms with E-state index in [2.05, 4.69) is 6.58 Å². The Balaban J connectivity index is 2.48. The standard InChI is InChI=1S/C14H25NO3S/c1-4-5-6-14(16)15-9-7-13(8-10-15)19(17,18)11-12(2)3/h4,12-13H,1,5-11H2,2-3H3. The quantitative estimate of drug-likeness (QED) is 0.702. The van der Waals surface area contributed by atoms with Gasteiger partial charge in [-0.05, 0) is 25.2 Å². The number of likely N-dealkylation sites (tertiary alicyclic amines) is 1. The van der Waals surface area contributed by atoms with Gasteiger partial charge < -0.3 is 4.90 Å². The van der Waals surface area contributed by atoms with Crippen molar-refractivity contribution in [2.45, 2.75) is 44.8 Å². The van der Waals surface area contributed by atoms with Gasteiger partial charge in [-0.1, -0.05) is 19.9 Å². The Hall–Kier alpha value is -0.840. The van der Waals surface area contributed by atoms with Gasteiger partial charge in [0.2, 0.25) is 5.91 Å². The van der Waals surface area contributed by atoms with Crippen LogP contribution in [-0.2, 0) is 14.6 Å². The molecular formula is C14H25NO3S. The van der Waals surface area contributed by atoms with E-state index in [1.165, 1.54) is 0 Å². The average molecular weight is 287 g/mol. The summed E-state index contributed by atoms with van der Waals surface area (Å²) in [5.74, 6) is 0.527. The molecule has 19 heavy (non-hydrogen) atoms. The van der Waals surface area contributed by atoms with Gasteiger partial charge >= 0.3 is 0 Å². The summed E-state index contributed by atoms with van der Waals surface area (Å²) >= 11 is 0. The number of piperidine rings is 1. The molecule has 4 nitrogen and oxygen atoms in total. The molecule has 0 spiro atoms. The molecule has 0 unspecified atom stereocenters. The predicted molar refractivity (Wildman–Crippen MR) is 77.7 cm³/mol. The third kappa shape index (κ3) is 4.97. The zero-order valence-electron chi connectivity index (χ0n) is 12.0. The van der Waals surface area contributed by atoms with E-state index >= 15 is 0 Å². The van der Waals surface area contributed by atoms with Crippen LogP contribution in [0.1, 0.15) is 39.5 Å². The molecule has 1 heterocycles. The van der Waals surface area contributed by atoms with Gasteiger partial charge in [0.15, 0.2) is 9.84 Å². The van der Waals surface area contributed by atoms with Crippen molar-refractivity contribution in [3.63, 3.8) is 0 Å². The molecule has 0 aromatic carbocycles. The summed E-state index contributed by atoms with van der Waals surface area (Å²) in [6.45, 7) is 8.58. The van der Waals surface area contributed by atoms with Crippen LogP contribution in [0.2, 0.25) is 0 Å². The van der Waals surface area contributed by atoms with Crippen LogP contribution in [0.3, 0.4) is 0 Å². The number of nitrogens with zero attached hydrogens (tertiary/aromatic N) is 1. The third-order valence-electron chi connectivity index (χ3n) is 3.43. The Labute approximate surface area is 116 Å². The highest BCUT2D eigenvalue weighted by atomic mass is 32.2. The van der Waals surface area contributed by atoms with Crippen LogP contribution >= 0.6 is 0 Å². The number of carbonyl (C=O) groups is 1. The third-order valence-corrected chi connectivity index (χ3v) is 6.05. The molecular weight excluding hydrogens is 262 g/mol. The summed E-state index contributed by atoms with van der Waals surface area (Å²) in [6, 6.07) is 0. The molecule has 5 heteroatoms. The van der Waals surface area contributed by atoms with Crippen LogP contribution in [0.4, 0.5) is 0 Å². The highest BCUT2D eigenvalue weighted by molar-refractivity contribution is 7.92. The van der Waals surface area contributed by atoms with Crippen LogP contribution in [0.15, 0.2) is 12.7 Å². The second-order valence-corrected chi connectivity index (χ2v) is 7.96. The minimum absolute atomic E-state index is 0.111. The molecule has 0 bridgehead atoms. The fourth-order valence-electron chi connectivity index (χ4n) is 2.45. The lowest BCUT2D eigenvalue weighted by molar-refractivity contribution is -0.131. The molecule has 0 atom stereocenters. The van der Waals surface area contributed by atoms with Crippen LogP contribution < -0.4 is 0 Å². The van der Waals surface area contributed by atoms with Gasteiger partial charge in [0.25, 0.3) is 0 Å². The van der Waals surface area contributed by atoms with Crippen LogP contribution in [-0.4, -0.2) is 43.3 Å². The number of sulfone groups is 1. The van der Waals surface area contributed by atoms with Gasteiger partial charge in [-0.2, -0.15) is 0 Å². The Bertz CT molecular complexity index is 406. The largest absolute Gasteiger partial charge is 0.343 e. The minimum Gasteiger partial charge on any atom is -0.343 e. The highest BCUT2D eigenvalue weighted by Crippen LogP contribution is 2.21. The highest BCUT2D eigenvalue weighted by Gasteiger charge is 2.31. The monoisotopic (exact) mass is 287 g/mol. The van der Waals surface area contributed by atoms with Crippen molar-refractivity contribution in [2.24, 2.45) is 5.92 Å². The first kappa shape index (κ1) is 16.2. The van der Waals surface area contributed by atoms with Crippen LogP contribution in [0.5, 0.6) is 0 Å². The average Bonchev–Trinajstić information content (AvgIpc) is 2.34. The summed E-state index contributed by atoms with van der Waals surface area (Å²) in [4.78, 5) is 13.6. The first-order chi connectivity index (χ1) is 8.86. The first-order valence-electron chi connectivity index (χ1n) is 6.97. The summed E-state index contributed by atoms with van der Waals surface area (Å²) < 4.78 is 24.3. The Morgan fingerprint density at radius 3 is 2.42 bits per heavy atom. The lowest BCUT2D eigenvalue weighted by Gasteiger charge is -2.32. The van der Waals surface area contributed by atoms with Crippen molar-refractivity contribution in [3.8, 4) is 0 Å². The van der Waals surface area contributed by atoms with Crippen LogP contribution in [0, 0.1) is 5.92 Å². The zero-order chi connectivity index (χ0) is 14.5. The number of hydrogen-bond donors (Lipinski definition) is 0. The normalized spacial score (nSPS) is 17.7. The Morgan fingerprint density at radius 2 is 1.95 bits per heavy atom. The van der Waals surface area contributed by atoms with Crippen molar-refractivity contribution in [1.29, 1.82) is 0 Å². The molecule has 0 radical (unpaired) electrons. The smallest absolute Gasteiger partial charge is 0.222 e. The van der Waals surface area contributed by atoms with E-state index in [1.54, 1.807) is 11.0 Å². The van der Waals surface area contributed by atoms with Crippen molar-refractivity contribution in [3.05, 3.63) is 12.7 Å². The minimum atomic E-state index is -3.00. The van der Waals surface area contributed by atoms with Gasteiger partial charge in [0.05, 0.1) is 11.0 Å². The molecule has 1 aliphatic heterocycles. The topological polar surface area (TPSA) is 54.5 Å². The molecule has 0 aromatic rings. The molecule has 1 fully saturated rings. The van der Waals surface area contributed by atoms with E-state index < -0.39 is 9.84 Å². The molecule has 1 aliphatic rings. The molecule has 1 saturated heterocycles. The first-order valence-corrected chi connectivity index (χ1v) is 8.68. The number of amides is 1. The number of rotatable bonds is 6. The molecule has 1 amide bonds. The fraction of sp³-hybridized carbons (Fsp3) is 0.786. The molecule has 0 aliphatic carbocycles. The number of hydrogen-bond acceptors (Lipinski definition) is 3. The maximum absolute atomic E-state index is 12.1. The Kier molecular flexibility index (Phi) is 6.04. The fourth-order valence-corrected chi connectivity index (χ4v) is 4.58. The van der Waals surface area contributed by atoms with Crippen molar-refractivity contribution in [2.75, 3.05) is 18.8 Å². The molecule has 0 aromatic heterocycles. The lowest BCUT2D eigenvalue weighted by atomic mass is 10.1. The van der Waals surface area contributed by atoms with Crippen molar-refractivity contribution < 1.29 is 13.2 Å². The van der Waals surface area contributed by atoms with E-state index in [4.69, 9.17) is 0 Å². The summed E-state index contributed by atoms with van der Waals surface area (Å²) in [5.41, 5.74) is 0. The lowest BCUT2D eigenvalue weighted by Crippen LogP contribution is -2.43. The molecule has 110 valence electrons. The SMILES string of the molecule is C=CCCC(=O)N1CCC(S(=O)(=O)CC(C)C)CC1. The maximum atomic E-state index is 12.1. The van der Waals surface area contributed by atoms with Gasteiger partial charge in [-0.3, -0.25) is 4.79 Å². The Morgan fingerprint density at radius 1 is 1.37 bits per heavy atom. The second kappa shape index (κ2) is 7.08. The van der Waals surface area contributed by atoms with Crippen LogP contribution in [0.25, 0.3) is 0 Å². The van der Waals surface area contributed by atoms with E-state index in [0.717, 1.165) is 0 Å². The number of carbonyl (C=O) groups excluding carboxylic acids is 1. The van der Waals surface area contributed by atoms with Gasteiger partial charge in [-0.25, -0.2) is 8.42 Å². The zero-order valence-corrected chi connectivity index (χ0v) is 12.8. The van der Waals surface area contributed by atoms with E-state index in [1.807, 2.05) is 13.8 Å². The van der Waals surface area contributed by atoms with Gasteiger partial charge in [-0.15, -0.1) is 6.58 Å². The summed E-state index contributed by atoms with van der Waals surface area (Å²) in [5, 5.41) is -0.265. The maximum Gasteiger partial charge on any atom is 0.222 e. The summed E-state index contributed by atoms with van der Waals surface area (Å²) in [6.07, 6.45) is 4.05. The molecule has 1 rings (SSSR count). The molecule has 0 N–H and O–H groups in total. The van der Waals surface area contributed by atoms with Gasteiger partial charge in [0.1, 0.15) is 0 Å². The van der Waals surface area contributed by atoms with Crippen molar-refractivity contribution >= 4 is 15.7 Å². The van der Waals surface area contributed by atoms with E-state index in [9.17, 15) is 13.2 Å². The van der Waals surface area contributed by atoms with E-state index in [0.29, 0.717) is 38.8 Å². The summed E-state index contributed by atoms with van der Waals surface area (Å²) in [7, 11) is -3.00. The second-order valence-electron chi connectivity index (χ2n) is 5.63. The van der Waals surface area contributed by atoms with Gasteiger partial charge in [0, 0.05) is 19.5 Å².